The number of amides is 2. The Hall–Kier alpha value is -2.56. The highest BCUT2D eigenvalue weighted by molar-refractivity contribution is 5.94. The molecule has 2 aromatic rings. The van der Waals surface area contributed by atoms with Gasteiger partial charge in [0.15, 0.2) is 5.76 Å². The standard InChI is InChI=1S/C19H22N2O3/c1-13-10-14(2)12-16(11-13)20-18(22)15-5-7-21(8-6-15)19(23)17-4-3-9-24-17/h3-4,9-12,15H,5-8H2,1-2H3,(H,20,22). The van der Waals surface area contributed by atoms with Gasteiger partial charge in [0.25, 0.3) is 5.91 Å². The third kappa shape index (κ3) is 3.67. The molecule has 1 aromatic heterocycles. The van der Waals surface area contributed by atoms with Gasteiger partial charge in [-0.05, 0) is 62.1 Å². The van der Waals surface area contributed by atoms with Crippen LogP contribution in [0.1, 0.15) is 34.5 Å². The van der Waals surface area contributed by atoms with E-state index in [-0.39, 0.29) is 17.7 Å². The number of hydrogen-bond acceptors (Lipinski definition) is 3. The van der Waals surface area contributed by atoms with Crippen LogP contribution in [-0.2, 0) is 4.79 Å². The summed E-state index contributed by atoms with van der Waals surface area (Å²) in [5.74, 6) is 0.220. The molecule has 24 heavy (non-hydrogen) atoms. The summed E-state index contributed by atoms with van der Waals surface area (Å²) in [6.07, 6.45) is 2.84. The van der Waals surface area contributed by atoms with E-state index >= 15 is 0 Å². The van der Waals surface area contributed by atoms with Crippen LogP contribution in [0.25, 0.3) is 0 Å². The molecule has 0 atom stereocenters. The Bertz CT molecular complexity index is 709. The summed E-state index contributed by atoms with van der Waals surface area (Å²) >= 11 is 0. The molecule has 0 bridgehead atoms. The Balaban J connectivity index is 1.56. The summed E-state index contributed by atoms with van der Waals surface area (Å²) in [7, 11) is 0. The monoisotopic (exact) mass is 326 g/mol. The average Bonchev–Trinajstić information content (AvgIpc) is 3.07. The SMILES string of the molecule is Cc1cc(C)cc(NC(=O)C2CCN(C(=O)c3ccco3)CC2)c1. The number of carbonyl (C=O) groups excluding carboxylic acids is 2. The van der Waals surface area contributed by atoms with Crippen LogP contribution in [0.2, 0.25) is 0 Å². The largest absolute Gasteiger partial charge is 0.459 e. The summed E-state index contributed by atoms with van der Waals surface area (Å²) in [4.78, 5) is 26.4. The van der Waals surface area contributed by atoms with Gasteiger partial charge in [-0.1, -0.05) is 6.07 Å². The number of likely N-dealkylation sites (tertiary alicyclic amines) is 1. The summed E-state index contributed by atoms with van der Waals surface area (Å²) < 4.78 is 5.15. The minimum absolute atomic E-state index is 0.0325. The third-order valence-electron chi connectivity index (χ3n) is 4.37. The molecule has 5 nitrogen and oxygen atoms in total. The first kappa shape index (κ1) is 16.3. The van der Waals surface area contributed by atoms with E-state index in [1.54, 1.807) is 17.0 Å². The van der Waals surface area contributed by atoms with Crippen molar-refractivity contribution in [3.8, 4) is 0 Å². The first-order valence-corrected chi connectivity index (χ1v) is 8.25. The number of carbonyl (C=O) groups is 2. The van der Waals surface area contributed by atoms with Crippen LogP contribution in [0, 0.1) is 19.8 Å². The van der Waals surface area contributed by atoms with Gasteiger partial charge >= 0.3 is 0 Å². The average molecular weight is 326 g/mol. The predicted molar refractivity (Wildman–Crippen MR) is 91.9 cm³/mol. The molecule has 1 fully saturated rings. The summed E-state index contributed by atoms with van der Waals surface area (Å²) in [5.41, 5.74) is 3.10. The van der Waals surface area contributed by atoms with Crippen molar-refractivity contribution >= 4 is 17.5 Å². The van der Waals surface area contributed by atoms with Crippen LogP contribution in [0.15, 0.2) is 41.0 Å². The van der Waals surface area contributed by atoms with Crippen LogP contribution in [-0.4, -0.2) is 29.8 Å². The quantitative estimate of drug-likeness (QED) is 0.940. The van der Waals surface area contributed by atoms with Crippen LogP contribution >= 0.6 is 0 Å². The van der Waals surface area contributed by atoms with Crippen molar-refractivity contribution in [2.75, 3.05) is 18.4 Å². The highest BCUT2D eigenvalue weighted by Gasteiger charge is 2.28. The van der Waals surface area contributed by atoms with E-state index in [1.807, 2.05) is 26.0 Å². The molecular formula is C19H22N2O3. The van der Waals surface area contributed by atoms with Gasteiger partial charge in [-0.2, -0.15) is 0 Å². The number of nitrogens with zero attached hydrogens (tertiary/aromatic N) is 1. The van der Waals surface area contributed by atoms with E-state index in [9.17, 15) is 9.59 Å². The minimum atomic E-state index is -0.104. The topological polar surface area (TPSA) is 62.6 Å². The molecule has 1 saturated heterocycles. The fourth-order valence-electron chi connectivity index (χ4n) is 3.19. The van der Waals surface area contributed by atoms with Crippen LogP contribution in [0.4, 0.5) is 5.69 Å². The second kappa shape index (κ2) is 6.91. The summed E-state index contributed by atoms with van der Waals surface area (Å²) in [6.45, 7) is 5.18. The maximum absolute atomic E-state index is 12.5. The molecule has 126 valence electrons. The Morgan fingerprint density at radius 1 is 1.12 bits per heavy atom. The molecule has 0 aliphatic carbocycles. The van der Waals surface area contributed by atoms with Crippen molar-refractivity contribution in [1.82, 2.24) is 4.90 Å². The first-order chi connectivity index (χ1) is 11.5. The molecule has 0 unspecified atom stereocenters. The third-order valence-corrected chi connectivity index (χ3v) is 4.37. The van der Waals surface area contributed by atoms with Crippen molar-refractivity contribution in [3.63, 3.8) is 0 Å². The summed E-state index contributed by atoms with van der Waals surface area (Å²) in [5, 5.41) is 3.00. The van der Waals surface area contributed by atoms with E-state index in [4.69, 9.17) is 4.42 Å². The molecule has 3 rings (SSSR count). The second-order valence-electron chi connectivity index (χ2n) is 6.41. The zero-order valence-electron chi connectivity index (χ0n) is 14.0. The van der Waals surface area contributed by atoms with Crippen molar-refractivity contribution in [2.45, 2.75) is 26.7 Å². The van der Waals surface area contributed by atoms with Gasteiger partial charge in [0.2, 0.25) is 5.91 Å². The molecule has 2 heterocycles. The Morgan fingerprint density at radius 3 is 2.38 bits per heavy atom. The maximum Gasteiger partial charge on any atom is 0.289 e. The Labute approximate surface area is 141 Å². The molecule has 2 amide bonds. The van der Waals surface area contributed by atoms with Gasteiger partial charge in [0, 0.05) is 24.7 Å². The van der Waals surface area contributed by atoms with E-state index < -0.39 is 0 Å². The zero-order valence-corrected chi connectivity index (χ0v) is 14.0. The predicted octanol–water partition coefficient (Wildman–Crippen LogP) is 3.39. The number of piperidine rings is 1. The number of benzene rings is 1. The number of hydrogen-bond donors (Lipinski definition) is 1. The van der Waals surface area contributed by atoms with Gasteiger partial charge < -0.3 is 14.6 Å². The molecule has 0 saturated carbocycles. The second-order valence-corrected chi connectivity index (χ2v) is 6.41. The van der Waals surface area contributed by atoms with Gasteiger partial charge in [-0.3, -0.25) is 9.59 Å². The van der Waals surface area contributed by atoms with Crippen LogP contribution < -0.4 is 5.32 Å². The zero-order chi connectivity index (χ0) is 17.1. The summed E-state index contributed by atoms with van der Waals surface area (Å²) in [6, 6.07) is 9.40. The molecule has 1 aliphatic rings. The smallest absolute Gasteiger partial charge is 0.289 e. The molecule has 5 heteroatoms. The lowest BCUT2D eigenvalue weighted by molar-refractivity contribution is -0.121. The van der Waals surface area contributed by atoms with E-state index in [2.05, 4.69) is 11.4 Å². The molecule has 0 spiro atoms. The van der Waals surface area contributed by atoms with E-state index in [0.29, 0.717) is 31.7 Å². The fourth-order valence-corrected chi connectivity index (χ4v) is 3.19. The van der Waals surface area contributed by atoms with E-state index in [0.717, 1.165) is 16.8 Å². The number of furan rings is 1. The Kier molecular flexibility index (Phi) is 4.69. The number of nitrogens with one attached hydrogen (secondary N) is 1. The normalized spacial score (nSPS) is 15.3. The van der Waals surface area contributed by atoms with Crippen molar-refractivity contribution in [1.29, 1.82) is 0 Å². The highest BCUT2D eigenvalue weighted by Crippen LogP contribution is 2.22. The van der Waals surface area contributed by atoms with E-state index in [1.165, 1.54) is 6.26 Å². The molecule has 0 radical (unpaired) electrons. The number of anilines is 1. The molecule has 1 N–H and O–H groups in total. The number of aryl methyl sites for hydroxylation is 2. The lowest BCUT2D eigenvalue weighted by atomic mass is 9.95. The molecule has 1 aliphatic heterocycles. The van der Waals surface area contributed by atoms with Crippen molar-refractivity contribution in [2.24, 2.45) is 5.92 Å². The maximum atomic E-state index is 12.5. The van der Waals surface area contributed by atoms with Gasteiger partial charge in [-0.15, -0.1) is 0 Å². The lowest BCUT2D eigenvalue weighted by Crippen LogP contribution is -2.41. The highest BCUT2D eigenvalue weighted by atomic mass is 16.3. The van der Waals surface area contributed by atoms with Crippen LogP contribution in [0.5, 0.6) is 0 Å². The first-order valence-electron chi connectivity index (χ1n) is 8.25. The van der Waals surface area contributed by atoms with Crippen molar-refractivity contribution in [3.05, 3.63) is 53.5 Å². The van der Waals surface area contributed by atoms with Gasteiger partial charge in [0.05, 0.1) is 6.26 Å². The van der Waals surface area contributed by atoms with Crippen molar-refractivity contribution < 1.29 is 14.0 Å². The molecular weight excluding hydrogens is 304 g/mol. The van der Waals surface area contributed by atoms with Gasteiger partial charge in [0.1, 0.15) is 0 Å². The minimum Gasteiger partial charge on any atom is -0.459 e. The lowest BCUT2D eigenvalue weighted by Gasteiger charge is -2.30. The van der Waals surface area contributed by atoms with Gasteiger partial charge in [-0.25, -0.2) is 0 Å². The molecule has 1 aromatic carbocycles. The number of rotatable bonds is 3. The Morgan fingerprint density at radius 2 is 1.79 bits per heavy atom. The fraction of sp³-hybridized carbons (Fsp3) is 0.368. The van der Waals surface area contributed by atoms with Crippen LogP contribution in [0.3, 0.4) is 0 Å².